The molecule has 0 saturated carbocycles. The highest BCUT2D eigenvalue weighted by Gasteiger charge is 2.19. The highest BCUT2D eigenvalue weighted by Crippen LogP contribution is 2.40. The van der Waals surface area contributed by atoms with Crippen LogP contribution in [-0.4, -0.2) is 24.9 Å². The zero-order valence-corrected chi connectivity index (χ0v) is 17.0. The van der Waals surface area contributed by atoms with Gasteiger partial charge in [0.1, 0.15) is 18.1 Å². The number of carbonyl (C=O) groups is 2. The fraction of sp³-hybridized carbons (Fsp3) is 0.130. The average Bonchev–Trinajstić information content (AvgIpc) is 3.06. The zero-order valence-electron chi connectivity index (χ0n) is 16.2. The summed E-state index contributed by atoms with van der Waals surface area (Å²) in [7, 11) is 0. The molecule has 150 valence electrons. The lowest BCUT2D eigenvalue weighted by Gasteiger charge is -2.18. The number of hydrogen-bond donors (Lipinski definition) is 2. The first-order valence-corrected chi connectivity index (χ1v) is 10.3. The summed E-state index contributed by atoms with van der Waals surface area (Å²) in [6.07, 6.45) is 0. The summed E-state index contributed by atoms with van der Waals surface area (Å²) >= 11 is 1.34. The van der Waals surface area contributed by atoms with Gasteiger partial charge in [0, 0.05) is 21.3 Å². The van der Waals surface area contributed by atoms with E-state index in [2.05, 4.69) is 5.32 Å². The number of hydrogen-bond acceptors (Lipinski definition) is 6. The van der Waals surface area contributed by atoms with E-state index in [1.165, 1.54) is 18.3 Å². The molecule has 0 unspecified atom stereocenters. The van der Waals surface area contributed by atoms with Crippen LogP contribution in [0.25, 0.3) is 20.9 Å². The number of carbonyl (C=O) groups excluding carboxylic acids is 2. The van der Waals surface area contributed by atoms with Gasteiger partial charge in [0.25, 0.3) is 5.91 Å². The molecule has 6 nitrogen and oxygen atoms in total. The lowest BCUT2D eigenvalue weighted by Crippen LogP contribution is -2.15. The van der Waals surface area contributed by atoms with Gasteiger partial charge in [0.2, 0.25) is 0 Å². The summed E-state index contributed by atoms with van der Waals surface area (Å²) in [5.74, 6) is 1.07. The van der Waals surface area contributed by atoms with E-state index >= 15 is 0 Å². The van der Waals surface area contributed by atoms with Crippen molar-refractivity contribution in [3.63, 3.8) is 0 Å². The molecular formula is C23H18N2O4S. The van der Waals surface area contributed by atoms with Gasteiger partial charge in [-0.15, -0.1) is 11.3 Å². The molecule has 2 heterocycles. The molecule has 5 rings (SSSR count). The number of nitrogens with two attached hydrogens (primary N) is 1. The predicted molar refractivity (Wildman–Crippen MR) is 119 cm³/mol. The number of benzene rings is 3. The largest absolute Gasteiger partial charge is 0.486 e. The smallest absolute Gasteiger partial charge is 0.267 e. The number of fused-ring (bicyclic) bond motifs is 3. The molecule has 0 bridgehead atoms. The van der Waals surface area contributed by atoms with Gasteiger partial charge in [-0.3, -0.25) is 9.59 Å². The Kier molecular flexibility index (Phi) is 4.33. The van der Waals surface area contributed by atoms with Gasteiger partial charge in [-0.05, 0) is 54.1 Å². The first-order chi connectivity index (χ1) is 14.5. The van der Waals surface area contributed by atoms with Crippen LogP contribution in [0, 0.1) is 0 Å². The molecule has 0 fully saturated rings. The Morgan fingerprint density at radius 2 is 1.70 bits per heavy atom. The highest BCUT2D eigenvalue weighted by molar-refractivity contribution is 7.21. The topological polar surface area (TPSA) is 90.7 Å². The number of ketones is 1. The summed E-state index contributed by atoms with van der Waals surface area (Å²) in [6, 6.07) is 14.7. The van der Waals surface area contributed by atoms with Crippen molar-refractivity contribution in [2.45, 2.75) is 6.92 Å². The Hall–Kier alpha value is -3.58. The van der Waals surface area contributed by atoms with Crippen LogP contribution in [0.15, 0.2) is 48.5 Å². The molecule has 30 heavy (non-hydrogen) atoms. The maximum atomic E-state index is 12.9. The van der Waals surface area contributed by atoms with Crippen molar-refractivity contribution in [2.75, 3.05) is 24.3 Å². The monoisotopic (exact) mass is 418 g/mol. The minimum absolute atomic E-state index is 0.0604. The number of amides is 1. The lowest BCUT2D eigenvalue weighted by molar-refractivity contribution is 0.101. The Morgan fingerprint density at radius 3 is 2.40 bits per heavy atom. The van der Waals surface area contributed by atoms with Gasteiger partial charge in [0.15, 0.2) is 17.3 Å². The van der Waals surface area contributed by atoms with Crippen molar-refractivity contribution in [1.29, 1.82) is 0 Å². The van der Waals surface area contributed by atoms with Crippen molar-refractivity contribution < 1.29 is 19.1 Å². The lowest BCUT2D eigenvalue weighted by atomic mass is 10.1. The Balaban J connectivity index is 1.53. The van der Waals surface area contributed by atoms with Crippen LogP contribution in [0.3, 0.4) is 0 Å². The zero-order chi connectivity index (χ0) is 20.8. The van der Waals surface area contributed by atoms with E-state index < -0.39 is 0 Å². The molecule has 4 aromatic rings. The minimum Gasteiger partial charge on any atom is -0.486 e. The molecule has 0 atom stereocenters. The normalized spacial score (nSPS) is 12.8. The van der Waals surface area contributed by atoms with Gasteiger partial charge in [-0.25, -0.2) is 0 Å². The second-order valence-electron chi connectivity index (χ2n) is 7.13. The summed E-state index contributed by atoms with van der Waals surface area (Å²) in [5.41, 5.74) is 7.87. The third-order valence-corrected chi connectivity index (χ3v) is 6.25. The van der Waals surface area contributed by atoms with Gasteiger partial charge < -0.3 is 20.5 Å². The van der Waals surface area contributed by atoms with Crippen LogP contribution in [0.1, 0.15) is 27.0 Å². The average molecular weight is 418 g/mol. The Labute approximate surface area is 176 Å². The quantitative estimate of drug-likeness (QED) is 0.464. The molecule has 0 radical (unpaired) electrons. The van der Waals surface area contributed by atoms with E-state index in [0.717, 1.165) is 26.6 Å². The fourth-order valence-corrected chi connectivity index (χ4v) is 4.62. The van der Waals surface area contributed by atoms with Crippen molar-refractivity contribution in [2.24, 2.45) is 0 Å². The number of Topliss-reactive ketones (excluding diaryl/α,β-unsaturated/α-hetero) is 1. The van der Waals surface area contributed by atoms with E-state index in [9.17, 15) is 9.59 Å². The third-order valence-electron chi connectivity index (χ3n) is 5.08. The van der Waals surface area contributed by atoms with E-state index in [0.29, 0.717) is 40.8 Å². The number of nitrogen functional groups attached to an aromatic ring is 1. The standard InChI is InChI=1S/C23H18N2O4S/c1-12(26)13-3-2-4-16(7-13)25-23(27)22-21(24)17-8-14-9-18-19(29-6-5-28-18)10-15(14)11-20(17)30-22/h2-4,7-11H,5-6,24H2,1H3,(H,25,27). The van der Waals surface area contributed by atoms with Crippen LogP contribution in [0.5, 0.6) is 11.5 Å². The van der Waals surface area contributed by atoms with Gasteiger partial charge in [0.05, 0.1) is 5.69 Å². The second-order valence-corrected chi connectivity index (χ2v) is 8.18. The minimum atomic E-state index is -0.301. The first-order valence-electron chi connectivity index (χ1n) is 9.47. The first kappa shape index (κ1) is 18.4. The van der Waals surface area contributed by atoms with E-state index in [1.54, 1.807) is 24.3 Å². The molecule has 7 heteroatoms. The maximum Gasteiger partial charge on any atom is 0.267 e. The van der Waals surface area contributed by atoms with Gasteiger partial charge in [-0.1, -0.05) is 12.1 Å². The van der Waals surface area contributed by atoms with Gasteiger partial charge >= 0.3 is 0 Å². The summed E-state index contributed by atoms with van der Waals surface area (Å²) in [4.78, 5) is 24.9. The third kappa shape index (κ3) is 3.13. The molecule has 1 aliphatic heterocycles. The van der Waals surface area contributed by atoms with E-state index in [-0.39, 0.29) is 11.7 Å². The Bertz CT molecular complexity index is 1340. The predicted octanol–water partition coefficient (Wildman–Crippen LogP) is 4.86. The molecule has 1 aromatic heterocycles. The van der Waals surface area contributed by atoms with Crippen LogP contribution in [-0.2, 0) is 0 Å². The Morgan fingerprint density at radius 1 is 1.00 bits per heavy atom. The van der Waals surface area contributed by atoms with Crippen molar-refractivity contribution in [1.82, 2.24) is 0 Å². The second kappa shape index (κ2) is 7.03. The molecule has 0 spiro atoms. The van der Waals surface area contributed by atoms with Crippen molar-refractivity contribution in [3.8, 4) is 11.5 Å². The number of nitrogens with one attached hydrogen (secondary N) is 1. The SMILES string of the molecule is CC(=O)c1cccc(NC(=O)c2sc3cc4cc5c(cc4cc3c2N)OCCO5)c1. The van der Waals surface area contributed by atoms with Crippen LogP contribution in [0.4, 0.5) is 11.4 Å². The van der Waals surface area contributed by atoms with Crippen LogP contribution < -0.4 is 20.5 Å². The number of ether oxygens (including phenoxy) is 2. The summed E-state index contributed by atoms with van der Waals surface area (Å²) < 4.78 is 12.3. The molecule has 1 aliphatic rings. The van der Waals surface area contributed by atoms with Gasteiger partial charge in [-0.2, -0.15) is 0 Å². The van der Waals surface area contributed by atoms with Crippen LogP contribution >= 0.6 is 11.3 Å². The van der Waals surface area contributed by atoms with Crippen molar-refractivity contribution >= 4 is 55.3 Å². The molecule has 3 aromatic carbocycles. The molecular weight excluding hydrogens is 400 g/mol. The summed E-state index contributed by atoms with van der Waals surface area (Å²) in [5, 5.41) is 5.63. The van der Waals surface area contributed by atoms with Crippen molar-refractivity contribution in [3.05, 3.63) is 59.0 Å². The molecule has 0 aliphatic carbocycles. The number of anilines is 2. The fourth-order valence-electron chi connectivity index (χ4n) is 3.57. The van der Waals surface area contributed by atoms with Crippen LogP contribution in [0.2, 0.25) is 0 Å². The molecule has 0 saturated heterocycles. The molecule has 1 amide bonds. The summed E-state index contributed by atoms with van der Waals surface area (Å²) in [6.45, 7) is 2.54. The highest BCUT2D eigenvalue weighted by atomic mass is 32.1. The van der Waals surface area contributed by atoms with E-state index in [4.69, 9.17) is 15.2 Å². The number of thiophene rings is 1. The molecule has 3 N–H and O–H groups in total. The maximum absolute atomic E-state index is 12.9. The number of rotatable bonds is 3. The van der Waals surface area contributed by atoms with E-state index in [1.807, 2.05) is 24.3 Å².